The normalized spacial score (nSPS) is 20.0. The predicted octanol–water partition coefficient (Wildman–Crippen LogP) is 3.33. The van der Waals surface area contributed by atoms with Gasteiger partial charge in [-0.05, 0) is 48.8 Å². The van der Waals surface area contributed by atoms with Gasteiger partial charge in [0.25, 0.3) is 0 Å². The third-order valence-electron chi connectivity index (χ3n) is 4.53. The van der Waals surface area contributed by atoms with Gasteiger partial charge in [0.05, 0.1) is 0 Å². The van der Waals surface area contributed by atoms with Crippen molar-refractivity contribution in [3.05, 3.63) is 35.6 Å². The number of likely N-dealkylation sites (tertiary alicyclic amines) is 1. The molecule has 0 saturated carbocycles. The van der Waals surface area contributed by atoms with E-state index < -0.39 is 0 Å². The molecule has 1 N–H and O–H groups in total. The summed E-state index contributed by atoms with van der Waals surface area (Å²) in [6.45, 7) is 3.71. The van der Waals surface area contributed by atoms with Crippen LogP contribution in [0.15, 0.2) is 24.3 Å². The van der Waals surface area contributed by atoms with Crippen molar-refractivity contribution in [2.24, 2.45) is 5.92 Å². The van der Waals surface area contributed by atoms with Crippen LogP contribution in [0.2, 0.25) is 0 Å². The second-order valence-corrected chi connectivity index (χ2v) is 6.27. The Hall–Kier alpha value is -1.42. The third kappa shape index (κ3) is 4.54. The van der Waals surface area contributed by atoms with Crippen molar-refractivity contribution < 1.29 is 14.3 Å². The molecule has 0 radical (unpaired) electrons. The zero-order valence-electron chi connectivity index (χ0n) is 13.3. The lowest BCUT2D eigenvalue weighted by atomic mass is 9.90. The first-order valence-corrected chi connectivity index (χ1v) is 8.28. The molecule has 0 bridgehead atoms. The van der Waals surface area contributed by atoms with Crippen LogP contribution in [0.1, 0.15) is 50.5 Å². The lowest BCUT2D eigenvalue weighted by molar-refractivity contribution is -0.133. The Labute approximate surface area is 132 Å². The first kappa shape index (κ1) is 16.9. The van der Waals surface area contributed by atoms with Gasteiger partial charge in [0.1, 0.15) is 5.82 Å². The largest absolute Gasteiger partial charge is 0.396 e. The monoisotopic (exact) mass is 307 g/mol. The molecule has 4 heteroatoms. The number of carbonyl (C=O) groups is 1. The van der Waals surface area contributed by atoms with Gasteiger partial charge in [-0.2, -0.15) is 0 Å². The molecule has 0 spiro atoms. The summed E-state index contributed by atoms with van der Waals surface area (Å²) in [6, 6.07) is 6.50. The highest BCUT2D eigenvalue weighted by atomic mass is 19.1. The second-order valence-electron chi connectivity index (χ2n) is 6.27. The zero-order chi connectivity index (χ0) is 15.9. The summed E-state index contributed by atoms with van der Waals surface area (Å²) in [7, 11) is 0. The van der Waals surface area contributed by atoms with Crippen LogP contribution in [0.4, 0.5) is 4.39 Å². The molecule has 1 amide bonds. The fraction of sp³-hybridized carbons (Fsp3) is 0.611. The van der Waals surface area contributed by atoms with Crippen LogP contribution >= 0.6 is 0 Å². The van der Waals surface area contributed by atoms with E-state index in [9.17, 15) is 14.3 Å². The highest BCUT2D eigenvalue weighted by Crippen LogP contribution is 2.27. The van der Waals surface area contributed by atoms with E-state index in [2.05, 4.69) is 6.92 Å². The molecular weight excluding hydrogens is 281 g/mol. The Morgan fingerprint density at radius 2 is 2.14 bits per heavy atom. The number of rotatable bonds is 6. The molecule has 3 nitrogen and oxygen atoms in total. The third-order valence-corrected chi connectivity index (χ3v) is 4.53. The van der Waals surface area contributed by atoms with Crippen LogP contribution in [0, 0.1) is 11.7 Å². The van der Waals surface area contributed by atoms with Crippen LogP contribution in [-0.2, 0) is 4.79 Å². The van der Waals surface area contributed by atoms with E-state index in [0.717, 1.165) is 37.8 Å². The summed E-state index contributed by atoms with van der Waals surface area (Å²) < 4.78 is 13.1. The van der Waals surface area contributed by atoms with E-state index in [-0.39, 0.29) is 30.2 Å². The molecule has 0 aliphatic carbocycles. The number of piperidine rings is 1. The van der Waals surface area contributed by atoms with Crippen molar-refractivity contribution >= 4 is 5.91 Å². The van der Waals surface area contributed by atoms with Crippen molar-refractivity contribution in [2.45, 2.75) is 44.9 Å². The van der Waals surface area contributed by atoms with Crippen LogP contribution in [0.25, 0.3) is 0 Å². The Bertz CT molecular complexity index is 474. The Morgan fingerprint density at radius 3 is 2.77 bits per heavy atom. The van der Waals surface area contributed by atoms with Crippen molar-refractivity contribution in [1.29, 1.82) is 0 Å². The molecule has 1 fully saturated rings. The summed E-state index contributed by atoms with van der Waals surface area (Å²) in [4.78, 5) is 14.4. The molecule has 0 aromatic heterocycles. The zero-order valence-corrected chi connectivity index (χ0v) is 13.3. The molecule has 1 heterocycles. The van der Waals surface area contributed by atoms with Gasteiger partial charge in [0, 0.05) is 26.1 Å². The van der Waals surface area contributed by atoms with Crippen LogP contribution in [0.3, 0.4) is 0 Å². The van der Waals surface area contributed by atoms with E-state index in [0.29, 0.717) is 13.0 Å². The maximum atomic E-state index is 13.1. The van der Waals surface area contributed by atoms with Gasteiger partial charge >= 0.3 is 0 Å². The number of halogens is 1. The fourth-order valence-corrected chi connectivity index (χ4v) is 3.25. The molecule has 2 unspecified atom stereocenters. The van der Waals surface area contributed by atoms with Gasteiger partial charge in [-0.25, -0.2) is 4.39 Å². The maximum absolute atomic E-state index is 13.1. The first-order chi connectivity index (χ1) is 10.6. The molecule has 2 atom stereocenters. The quantitative estimate of drug-likeness (QED) is 0.876. The molecule has 2 rings (SSSR count). The van der Waals surface area contributed by atoms with Gasteiger partial charge in [-0.3, -0.25) is 4.79 Å². The standard InChI is InChI=1S/C18H26FNO2/c1-2-4-16(15-6-8-17(19)9-7-15)11-18(22)20-10-3-5-14(12-20)13-21/h6-9,14,16,21H,2-5,10-13H2,1H3. The van der Waals surface area contributed by atoms with E-state index in [1.54, 1.807) is 12.1 Å². The number of hydrogen-bond acceptors (Lipinski definition) is 2. The average Bonchev–Trinajstić information content (AvgIpc) is 2.55. The summed E-state index contributed by atoms with van der Waals surface area (Å²) in [6.07, 6.45) is 4.35. The van der Waals surface area contributed by atoms with Gasteiger partial charge in [-0.15, -0.1) is 0 Å². The first-order valence-electron chi connectivity index (χ1n) is 8.28. The van der Waals surface area contributed by atoms with E-state index in [1.807, 2.05) is 4.90 Å². The molecule has 1 aliphatic rings. The summed E-state index contributed by atoms with van der Waals surface area (Å²) in [5.41, 5.74) is 1.03. The predicted molar refractivity (Wildman–Crippen MR) is 85.1 cm³/mol. The summed E-state index contributed by atoms with van der Waals surface area (Å²) in [5.74, 6) is 0.272. The van der Waals surface area contributed by atoms with Gasteiger partial charge in [0.2, 0.25) is 5.91 Å². The average molecular weight is 307 g/mol. The van der Waals surface area contributed by atoms with Crippen molar-refractivity contribution in [3.8, 4) is 0 Å². The molecular formula is C18H26FNO2. The van der Waals surface area contributed by atoms with Crippen molar-refractivity contribution in [3.63, 3.8) is 0 Å². The Balaban J connectivity index is 2.00. The molecule has 1 saturated heterocycles. The van der Waals surface area contributed by atoms with E-state index >= 15 is 0 Å². The van der Waals surface area contributed by atoms with E-state index in [1.165, 1.54) is 12.1 Å². The van der Waals surface area contributed by atoms with Crippen LogP contribution in [-0.4, -0.2) is 35.6 Å². The summed E-state index contributed by atoms with van der Waals surface area (Å²) >= 11 is 0. The molecule has 1 aromatic rings. The Kier molecular flexibility index (Phi) is 6.37. The highest BCUT2D eigenvalue weighted by molar-refractivity contribution is 5.77. The fourth-order valence-electron chi connectivity index (χ4n) is 3.25. The van der Waals surface area contributed by atoms with E-state index in [4.69, 9.17) is 0 Å². The second kappa shape index (κ2) is 8.28. The SMILES string of the molecule is CCCC(CC(=O)N1CCCC(CO)C1)c1ccc(F)cc1. The number of nitrogens with zero attached hydrogens (tertiary/aromatic N) is 1. The van der Waals surface area contributed by atoms with Crippen LogP contribution in [0.5, 0.6) is 0 Å². The minimum absolute atomic E-state index is 0.146. The topological polar surface area (TPSA) is 40.5 Å². The van der Waals surface area contributed by atoms with Gasteiger partial charge in [-0.1, -0.05) is 25.5 Å². The number of amides is 1. The number of benzene rings is 1. The highest BCUT2D eigenvalue weighted by Gasteiger charge is 2.25. The number of hydrogen-bond donors (Lipinski definition) is 1. The number of aliphatic hydroxyl groups excluding tert-OH is 1. The summed E-state index contributed by atoms with van der Waals surface area (Å²) in [5, 5.41) is 9.29. The van der Waals surface area contributed by atoms with Gasteiger partial charge < -0.3 is 10.0 Å². The molecule has 122 valence electrons. The lowest BCUT2D eigenvalue weighted by Crippen LogP contribution is -2.41. The smallest absolute Gasteiger partial charge is 0.223 e. The molecule has 22 heavy (non-hydrogen) atoms. The Morgan fingerprint density at radius 1 is 1.41 bits per heavy atom. The lowest BCUT2D eigenvalue weighted by Gasteiger charge is -2.33. The minimum Gasteiger partial charge on any atom is -0.396 e. The number of aliphatic hydroxyl groups is 1. The van der Waals surface area contributed by atoms with Crippen molar-refractivity contribution in [1.82, 2.24) is 4.90 Å². The van der Waals surface area contributed by atoms with Gasteiger partial charge in [0.15, 0.2) is 0 Å². The van der Waals surface area contributed by atoms with Crippen molar-refractivity contribution in [2.75, 3.05) is 19.7 Å². The molecule has 1 aliphatic heterocycles. The minimum atomic E-state index is -0.243. The van der Waals surface area contributed by atoms with Crippen LogP contribution < -0.4 is 0 Å². The number of carbonyl (C=O) groups excluding carboxylic acids is 1. The molecule has 1 aromatic carbocycles. The maximum Gasteiger partial charge on any atom is 0.223 e.